The third-order valence-electron chi connectivity index (χ3n) is 2.80. The standard InChI is InChI=1S/C14H13FN2O3/c1-20-13-4-2-3-12(17(18)19)14(13)16-9-10-5-7-11(15)8-6-10/h2-8,16H,9H2,1H3. The van der Waals surface area contributed by atoms with Crippen LogP contribution in [0.4, 0.5) is 15.8 Å². The van der Waals surface area contributed by atoms with E-state index in [9.17, 15) is 14.5 Å². The fourth-order valence-corrected chi connectivity index (χ4v) is 1.81. The molecule has 0 spiro atoms. The van der Waals surface area contributed by atoms with Gasteiger partial charge in [-0.05, 0) is 23.8 Å². The highest BCUT2D eigenvalue weighted by molar-refractivity contribution is 5.70. The number of benzene rings is 2. The lowest BCUT2D eigenvalue weighted by molar-refractivity contribution is -0.384. The number of hydrogen-bond acceptors (Lipinski definition) is 4. The van der Waals surface area contributed by atoms with Gasteiger partial charge >= 0.3 is 0 Å². The Balaban J connectivity index is 2.23. The third-order valence-corrected chi connectivity index (χ3v) is 2.80. The summed E-state index contributed by atoms with van der Waals surface area (Å²) < 4.78 is 17.9. The van der Waals surface area contributed by atoms with Gasteiger partial charge in [0.15, 0.2) is 5.69 Å². The molecule has 0 aromatic heterocycles. The van der Waals surface area contributed by atoms with Crippen molar-refractivity contribution in [2.24, 2.45) is 0 Å². The lowest BCUT2D eigenvalue weighted by atomic mass is 10.2. The summed E-state index contributed by atoms with van der Waals surface area (Å²) in [6, 6.07) is 10.5. The second-order valence-corrected chi connectivity index (χ2v) is 4.09. The van der Waals surface area contributed by atoms with E-state index in [1.165, 1.54) is 25.3 Å². The minimum atomic E-state index is -0.477. The predicted octanol–water partition coefficient (Wildman–Crippen LogP) is 3.35. The van der Waals surface area contributed by atoms with Crippen LogP contribution in [0.15, 0.2) is 42.5 Å². The quantitative estimate of drug-likeness (QED) is 0.671. The zero-order valence-electron chi connectivity index (χ0n) is 10.8. The van der Waals surface area contributed by atoms with Crippen LogP contribution in [0.1, 0.15) is 5.56 Å². The summed E-state index contributed by atoms with van der Waals surface area (Å²) in [5, 5.41) is 14.0. The number of anilines is 1. The van der Waals surface area contributed by atoms with Gasteiger partial charge in [0.25, 0.3) is 5.69 Å². The second kappa shape index (κ2) is 6.01. The van der Waals surface area contributed by atoms with E-state index in [4.69, 9.17) is 4.74 Å². The lowest BCUT2D eigenvalue weighted by Gasteiger charge is -2.11. The van der Waals surface area contributed by atoms with E-state index in [1.54, 1.807) is 24.3 Å². The Hall–Kier alpha value is -2.63. The predicted molar refractivity (Wildman–Crippen MR) is 73.4 cm³/mol. The summed E-state index contributed by atoms with van der Waals surface area (Å²) in [4.78, 5) is 10.5. The van der Waals surface area contributed by atoms with Gasteiger partial charge in [0, 0.05) is 12.6 Å². The summed E-state index contributed by atoms with van der Waals surface area (Å²) >= 11 is 0. The Morgan fingerprint density at radius 2 is 1.95 bits per heavy atom. The molecule has 2 aromatic rings. The number of halogens is 1. The van der Waals surface area contributed by atoms with E-state index in [0.29, 0.717) is 18.0 Å². The van der Waals surface area contributed by atoms with Gasteiger partial charge in [-0.3, -0.25) is 10.1 Å². The van der Waals surface area contributed by atoms with Crippen LogP contribution >= 0.6 is 0 Å². The van der Waals surface area contributed by atoms with Crippen molar-refractivity contribution in [1.29, 1.82) is 0 Å². The molecule has 0 atom stereocenters. The van der Waals surface area contributed by atoms with Crippen LogP contribution in [-0.4, -0.2) is 12.0 Å². The molecule has 0 amide bonds. The summed E-state index contributed by atoms with van der Waals surface area (Å²) in [5.41, 5.74) is 1.06. The van der Waals surface area contributed by atoms with Crippen molar-refractivity contribution in [2.75, 3.05) is 12.4 Å². The Morgan fingerprint density at radius 3 is 2.55 bits per heavy atom. The summed E-state index contributed by atoms with van der Waals surface area (Å²) in [5.74, 6) is 0.0679. The van der Waals surface area contributed by atoms with Gasteiger partial charge in [-0.1, -0.05) is 18.2 Å². The molecular weight excluding hydrogens is 263 g/mol. The van der Waals surface area contributed by atoms with Crippen LogP contribution in [0, 0.1) is 15.9 Å². The maximum absolute atomic E-state index is 12.8. The van der Waals surface area contributed by atoms with E-state index in [1.807, 2.05) is 0 Å². The smallest absolute Gasteiger partial charge is 0.296 e. The largest absolute Gasteiger partial charge is 0.494 e. The van der Waals surface area contributed by atoms with Crippen molar-refractivity contribution >= 4 is 11.4 Å². The average molecular weight is 276 g/mol. The van der Waals surface area contributed by atoms with Gasteiger partial charge in [0.05, 0.1) is 12.0 Å². The number of nitro groups is 1. The number of nitro benzene ring substituents is 1. The highest BCUT2D eigenvalue weighted by Gasteiger charge is 2.17. The molecule has 0 fully saturated rings. The number of methoxy groups -OCH3 is 1. The van der Waals surface area contributed by atoms with Crippen molar-refractivity contribution < 1.29 is 14.1 Å². The molecule has 0 aliphatic rings. The Labute approximate surface area is 115 Å². The maximum atomic E-state index is 12.8. The zero-order chi connectivity index (χ0) is 14.5. The van der Waals surface area contributed by atoms with Gasteiger partial charge in [0.1, 0.15) is 11.6 Å². The van der Waals surface area contributed by atoms with E-state index in [2.05, 4.69) is 5.32 Å². The third kappa shape index (κ3) is 3.03. The van der Waals surface area contributed by atoms with Gasteiger partial charge < -0.3 is 10.1 Å². The van der Waals surface area contributed by atoms with Crippen LogP contribution in [0.5, 0.6) is 5.75 Å². The highest BCUT2D eigenvalue weighted by atomic mass is 19.1. The first-order chi connectivity index (χ1) is 9.61. The molecule has 2 rings (SSSR count). The fourth-order valence-electron chi connectivity index (χ4n) is 1.81. The normalized spacial score (nSPS) is 10.1. The van der Waals surface area contributed by atoms with Crippen molar-refractivity contribution in [3.8, 4) is 5.75 Å². The van der Waals surface area contributed by atoms with Gasteiger partial charge in [0.2, 0.25) is 0 Å². The summed E-state index contributed by atoms with van der Waals surface area (Å²) in [6.07, 6.45) is 0. The summed E-state index contributed by atoms with van der Waals surface area (Å²) in [6.45, 7) is 0.335. The van der Waals surface area contributed by atoms with Gasteiger partial charge in [-0.2, -0.15) is 0 Å². The van der Waals surface area contributed by atoms with Crippen LogP contribution < -0.4 is 10.1 Å². The van der Waals surface area contributed by atoms with Crippen LogP contribution in [0.2, 0.25) is 0 Å². The minimum absolute atomic E-state index is 0.0635. The van der Waals surface area contributed by atoms with E-state index in [0.717, 1.165) is 5.56 Å². The van der Waals surface area contributed by atoms with Crippen LogP contribution in [-0.2, 0) is 6.54 Å². The monoisotopic (exact) mass is 276 g/mol. The Kier molecular flexibility index (Phi) is 4.14. The Bertz CT molecular complexity index is 614. The summed E-state index contributed by atoms with van der Waals surface area (Å²) in [7, 11) is 1.45. The fraction of sp³-hybridized carbons (Fsp3) is 0.143. The zero-order valence-corrected chi connectivity index (χ0v) is 10.8. The molecule has 104 valence electrons. The number of rotatable bonds is 5. The molecule has 0 bridgehead atoms. The Morgan fingerprint density at radius 1 is 1.25 bits per heavy atom. The number of hydrogen-bond donors (Lipinski definition) is 1. The molecule has 2 aromatic carbocycles. The molecule has 0 heterocycles. The maximum Gasteiger partial charge on any atom is 0.296 e. The SMILES string of the molecule is COc1cccc([N+](=O)[O-])c1NCc1ccc(F)cc1. The van der Waals surface area contributed by atoms with E-state index in [-0.39, 0.29) is 11.5 Å². The molecule has 1 N–H and O–H groups in total. The molecule has 0 aliphatic carbocycles. The van der Waals surface area contributed by atoms with Crippen molar-refractivity contribution in [2.45, 2.75) is 6.54 Å². The number of ether oxygens (including phenoxy) is 1. The number of para-hydroxylation sites is 1. The molecular formula is C14H13FN2O3. The van der Waals surface area contributed by atoms with E-state index < -0.39 is 4.92 Å². The van der Waals surface area contributed by atoms with Gasteiger partial charge in [-0.15, -0.1) is 0 Å². The van der Waals surface area contributed by atoms with Crippen LogP contribution in [0.25, 0.3) is 0 Å². The molecule has 0 radical (unpaired) electrons. The highest BCUT2D eigenvalue weighted by Crippen LogP contribution is 2.34. The molecule has 0 unspecified atom stereocenters. The first kappa shape index (κ1) is 13.8. The molecule has 0 saturated carbocycles. The van der Waals surface area contributed by atoms with Gasteiger partial charge in [-0.25, -0.2) is 4.39 Å². The van der Waals surface area contributed by atoms with Crippen molar-refractivity contribution in [3.05, 3.63) is 64.0 Å². The van der Waals surface area contributed by atoms with E-state index >= 15 is 0 Å². The number of nitrogens with one attached hydrogen (secondary N) is 1. The second-order valence-electron chi connectivity index (χ2n) is 4.09. The minimum Gasteiger partial charge on any atom is -0.494 e. The first-order valence-corrected chi connectivity index (χ1v) is 5.91. The topological polar surface area (TPSA) is 64.4 Å². The number of nitrogens with zero attached hydrogens (tertiary/aromatic N) is 1. The molecule has 6 heteroatoms. The molecule has 5 nitrogen and oxygen atoms in total. The molecule has 20 heavy (non-hydrogen) atoms. The van der Waals surface area contributed by atoms with Crippen molar-refractivity contribution in [3.63, 3.8) is 0 Å². The lowest BCUT2D eigenvalue weighted by Crippen LogP contribution is -2.04. The van der Waals surface area contributed by atoms with Crippen LogP contribution in [0.3, 0.4) is 0 Å². The average Bonchev–Trinajstić information content (AvgIpc) is 2.46. The van der Waals surface area contributed by atoms with Crippen molar-refractivity contribution in [1.82, 2.24) is 0 Å². The molecule has 0 aliphatic heterocycles. The first-order valence-electron chi connectivity index (χ1n) is 5.91. The molecule has 0 saturated heterocycles.